The molecular formula is C13H21N3O3. The minimum Gasteiger partial charge on any atom is -0.464 e. The van der Waals surface area contributed by atoms with Gasteiger partial charge in [-0.25, -0.2) is 4.79 Å². The van der Waals surface area contributed by atoms with E-state index < -0.39 is 0 Å². The van der Waals surface area contributed by atoms with Gasteiger partial charge in [0.25, 0.3) is 0 Å². The molecule has 6 nitrogen and oxygen atoms in total. The normalized spacial score (nSPS) is 17.6. The molecule has 0 aliphatic carbocycles. The molecule has 19 heavy (non-hydrogen) atoms. The molecule has 106 valence electrons. The highest BCUT2D eigenvalue weighted by Crippen LogP contribution is 2.10. The fourth-order valence-corrected chi connectivity index (χ4v) is 2.33. The maximum atomic E-state index is 11.3. The molecule has 1 aliphatic heterocycles. The third kappa shape index (κ3) is 3.79. The van der Waals surface area contributed by atoms with Gasteiger partial charge >= 0.3 is 5.97 Å². The van der Waals surface area contributed by atoms with E-state index in [1.165, 1.54) is 7.11 Å². The Morgan fingerprint density at radius 3 is 2.68 bits per heavy atom. The van der Waals surface area contributed by atoms with E-state index in [0.717, 1.165) is 44.8 Å². The quantitative estimate of drug-likeness (QED) is 0.730. The van der Waals surface area contributed by atoms with Crippen molar-refractivity contribution in [2.75, 3.05) is 46.4 Å². The largest absolute Gasteiger partial charge is 0.464 e. The number of carbonyl (C=O) groups excluding carboxylic acids is 1. The van der Waals surface area contributed by atoms with E-state index in [1.54, 1.807) is 0 Å². The molecule has 0 saturated carbocycles. The number of methoxy groups -OCH3 is 1. The Labute approximate surface area is 113 Å². The van der Waals surface area contributed by atoms with Gasteiger partial charge < -0.3 is 14.8 Å². The SMILES string of the molecule is COC(=O)c1cc(CN2CCN(CCO)CC2)c[nH]1. The van der Waals surface area contributed by atoms with Gasteiger partial charge in [-0.3, -0.25) is 9.80 Å². The minimum atomic E-state index is -0.334. The Bertz CT molecular complexity index is 411. The van der Waals surface area contributed by atoms with Crippen molar-refractivity contribution in [2.45, 2.75) is 6.54 Å². The molecule has 1 aromatic rings. The van der Waals surface area contributed by atoms with Crippen molar-refractivity contribution in [1.82, 2.24) is 14.8 Å². The van der Waals surface area contributed by atoms with Crippen molar-refractivity contribution in [3.8, 4) is 0 Å². The van der Waals surface area contributed by atoms with Crippen molar-refractivity contribution < 1.29 is 14.6 Å². The predicted octanol–water partition coefficient (Wildman–Crippen LogP) is -0.0888. The molecular weight excluding hydrogens is 246 g/mol. The molecule has 0 bridgehead atoms. The van der Waals surface area contributed by atoms with Crippen molar-refractivity contribution in [3.63, 3.8) is 0 Å². The van der Waals surface area contributed by atoms with Gasteiger partial charge in [0.15, 0.2) is 0 Å². The molecule has 1 aromatic heterocycles. The van der Waals surface area contributed by atoms with E-state index in [2.05, 4.69) is 19.5 Å². The molecule has 0 unspecified atom stereocenters. The summed E-state index contributed by atoms with van der Waals surface area (Å²) in [6.07, 6.45) is 1.85. The first-order chi connectivity index (χ1) is 9.22. The van der Waals surface area contributed by atoms with Crippen LogP contribution >= 0.6 is 0 Å². The summed E-state index contributed by atoms with van der Waals surface area (Å²) >= 11 is 0. The molecule has 0 aromatic carbocycles. The van der Waals surface area contributed by atoms with Crippen LogP contribution in [0, 0.1) is 0 Å². The van der Waals surface area contributed by atoms with Crippen molar-refractivity contribution in [2.24, 2.45) is 0 Å². The summed E-state index contributed by atoms with van der Waals surface area (Å²) in [5.41, 5.74) is 1.59. The highest BCUT2D eigenvalue weighted by molar-refractivity contribution is 5.87. The fraction of sp³-hybridized carbons (Fsp3) is 0.615. The van der Waals surface area contributed by atoms with Crippen LogP contribution in [0.25, 0.3) is 0 Å². The van der Waals surface area contributed by atoms with Crippen LogP contribution in [0.15, 0.2) is 12.3 Å². The Morgan fingerprint density at radius 1 is 1.37 bits per heavy atom. The lowest BCUT2D eigenvalue weighted by Crippen LogP contribution is -2.46. The number of carbonyl (C=O) groups is 1. The predicted molar refractivity (Wildman–Crippen MR) is 70.9 cm³/mol. The van der Waals surface area contributed by atoms with E-state index in [4.69, 9.17) is 5.11 Å². The van der Waals surface area contributed by atoms with Crippen molar-refractivity contribution in [3.05, 3.63) is 23.5 Å². The topological polar surface area (TPSA) is 68.8 Å². The first-order valence-electron chi connectivity index (χ1n) is 6.54. The summed E-state index contributed by atoms with van der Waals surface area (Å²) in [4.78, 5) is 18.9. The summed E-state index contributed by atoms with van der Waals surface area (Å²) < 4.78 is 4.67. The number of nitrogens with one attached hydrogen (secondary N) is 1. The molecule has 0 amide bonds. The highest BCUT2D eigenvalue weighted by atomic mass is 16.5. The van der Waals surface area contributed by atoms with Gasteiger partial charge in [-0.2, -0.15) is 0 Å². The second-order valence-electron chi connectivity index (χ2n) is 4.75. The number of β-amino-alcohol motifs (C(OH)–C–C–N with tert-alkyl or cyclic N) is 1. The number of aliphatic hydroxyl groups excluding tert-OH is 1. The summed E-state index contributed by atoms with van der Waals surface area (Å²) in [5.74, 6) is -0.334. The number of hydrogen-bond donors (Lipinski definition) is 2. The first kappa shape index (κ1) is 14.0. The number of aromatic amines is 1. The summed E-state index contributed by atoms with van der Waals surface area (Å²) in [6.45, 7) is 5.74. The van der Waals surface area contributed by atoms with E-state index in [-0.39, 0.29) is 12.6 Å². The van der Waals surface area contributed by atoms with Gasteiger partial charge in [-0.15, -0.1) is 0 Å². The van der Waals surface area contributed by atoms with Crippen LogP contribution in [0.2, 0.25) is 0 Å². The molecule has 0 atom stereocenters. The van der Waals surface area contributed by atoms with Gasteiger partial charge in [0.1, 0.15) is 5.69 Å². The average Bonchev–Trinajstić information content (AvgIpc) is 2.89. The first-order valence-corrected chi connectivity index (χ1v) is 6.54. The molecule has 2 heterocycles. The third-order valence-electron chi connectivity index (χ3n) is 3.44. The molecule has 1 saturated heterocycles. The fourth-order valence-electron chi connectivity index (χ4n) is 2.33. The Kier molecular flexibility index (Phi) is 4.95. The number of ether oxygens (including phenoxy) is 1. The number of aromatic nitrogens is 1. The van der Waals surface area contributed by atoms with Gasteiger partial charge in [-0.1, -0.05) is 0 Å². The number of esters is 1. The number of aliphatic hydroxyl groups is 1. The number of piperazine rings is 1. The molecule has 0 spiro atoms. The lowest BCUT2D eigenvalue weighted by molar-refractivity contribution is 0.0594. The zero-order valence-corrected chi connectivity index (χ0v) is 11.3. The van der Waals surface area contributed by atoms with Crippen molar-refractivity contribution >= 4 is 5.97 Å². The molecule has 1 aliphatic rings. The Balaban J connectivity index is 1.82. The van der Waals surface area contributed by atoms with Crippen molar-refractivity contribution in [1.29, 1.82) is 0 Å². The second-order valence-corrected chi connectivity index (χ2v) is 4.75. The lowest BCUT2D eigenvalue weighted by atomic mass is 10.2. The van der Waals surface area contributed by atoms with E-state index in [1.807, 2.05) is 12.3 Å². The Hall–Kier alpha value is -1.37. The zero-order valence-electron chi connectivity index (χ0n) is 11.3. The highest BCUT2D eigenvalue weighted by Gasteiger charge is 2.17. The van der Waals surface area contributed by atoms with Crippen LogP contribution in [-0.2, 0) is 11.3 Å². The van der Waals surface area contributed by atoms with Crippen LogP contribution in [-0.4, -0.2) is 72.3 Å². The maximum Gasteiger partial charge on any atom is 0.354 e. The number of hydrogen-bond acceptors (Lipinski definition) is 5. The smallest absolute Gasteiger partial charge is 0.354 e. The zero-order chi connectivity index (χ0) is 13.7. The van der Waals surface area contributed by atoms with E-state index >= 15 is 0 Å². The van der Waals surface area contributed by atoms with Crippen LogP contribution in [0.5, 0.6) is 0 Å². The van der Waals surface area contributed by atoms with Crippen LogP contribution < -0.4 is 0 Å². The van der Waals surface area contributed by atoms with Gasteiger partial charge in [0.2, 0.25) is 0 Å². The van der Waals surface area contributed by atoms with Crippen LogP contribution in [0.1, 0.15) is 16.1 Å². The second kappa shape index (κ2) is 6.70. The third-order valence-corrected chi connectivity index (χ3v) is 3.44. The Morgan fingerprint density at radius 2 is 2.05 bits per heavy atom. The molecule has 1 fully saturated rings. The summed E-state index contributed by atoms with van der Waals surface area (Å²) in [5, 5.41) is 8.89. The number of H-pyrrole nitrogens is 1. The van der Waals surface area contributed by atoms with Crippen LogP contribution in [0.3, 0.4) is 0 Å². The molecule has 2 rings (SSSR count). The molecule has 2 N–H and O–H groups in total. The molecule has 0 radical (unpaired) electrons. The van der Waals surface area contributed by atoms with Gasteiger partial charge in [-0.05, 0) is 11.6 Å². The minimum absolute atomic E-state index is 0.223. The number of nitrogens with zero attached hydrogens (tertiary/aromatic N) is 2. The van der Waals surface area contributed by atoms with E-state index in [0.29, 0.717) is 5.69 Å². The summed E-state index contributed by atoms with van der Waals surface area (Å²) in [7, 11) is 1.38. The lowest BCUT2D eigenvalue weighted by Gasteiger charge is -2.34. The monoisotopic (exact) mass is 267 g/mol. The maximum absolute atomic E-state index is 11.3. The van der Waals surface area contributed by atoms with Gasteiger partial charge in [0.05, 0.1) is 13.7 Å². The van der Waals surface area contributed by atoms with Gasteiger partial charge in [0, 0.05) is 45.5 Å². The molecule has 6 heteroatoms. The number of rotatable bonds is 5. The summed E-state index contributed by atoms with van der Waals surface area (Å²) in [6, 6.07) is 1.84. The van der Waals surface area contributed by atoms with E-state index in [9.17, 15) is 4.79 Å². The standard InChI is InChI=1S/C13H21N3O3/c1-19-13(18)12-8-11(9-14-12)10-16-4-2-15(3-5-16)6-7-17/h8-9,14,17H,2-7,10H2,1H3. The van der Waals surface area contributed by atoms with Crippen LogP contribution in [0.4, 0.5) is 0 Å². The average molecular weight is 267 g/mol.